The standard InChI is InChI=1S/C14H16N4O3S/c19-14(16-10-5-2-1-3-6-10)17-12-8-4-7-11-13(12)18-22(20,21)9-15-11/h1-8,15,18,20-21H,9H2,(H2,16,17,19). The van der Waals surface area contributed by atoms with Crippen molar-refractivity contribution in [1.82, 2.24) is 0 Å². The van der Waals surface area contributed by atoms with Crippen molar-refractivity contribution in [1.29, 1.82) is 0 Å². The van der Waals surface area contributed by atoms with Crippen LogP contribution in [0.5, 0.6) is 0 Å². The molecule has 0 radical (unpaired) electrons. The van der Waals surface area contributed by atoms with Crippen LogP contribution >= 0.6 is 10.8 Å². The summed E-state index contributed by atoms with van der Waals surface area (Å²) in [5, 5.41) is 8.32. The molecule has 7 nitrogen and oxygen atoms in total. The SMILES string of the molecule is O=C(Nc1ccccc1)Nc1cccc2c1NS(O)(O)CN2. The number of para-hydroxylation sites is 2. The first-order valence-electron chi connectivity index (χ1n) is 6.57. The van der Waals surface area contributed by atoms with Crippen LogP contribution in [0.4, 0.5) is 27.5 Å². The minimum absolute atomic E-state index is 0.0274. The molecule has 0 bridgehead atoms. The summed E-state index contributed by atoms with van der Waals surface area (Å²) < 4.78 is 22.2. The molecule has 22 heavy (non-hydrogen) atoms. The number of urea groups is 1. The lowest BCUT2D eigenvalue weighted by Gasteiger charge is -2.39. The largest absolute Gasteiger partial charge is 0.365 e. The zero-order valence-electron chi connectivity index (χ0n) is 11.5. The van der Waals surface area contributed by atoms with Gasteiger partial charge in [-0.1, -0.05) is 24.3 Å². The van der Waals surface area contributed by atoms with E-state index in [1.807, 2.05) is 18.2 Å². The molecule has 6 N–H and O–H groups in total. The Morgan fingerprint density at radius 3 is 2.59 bits per heavy atom. The molecule has 2 aromatic carbocycles. The maximum atomic E-state index is 12.0. The van der Waals surface area contributed by atoms with Gasteiger partial charge in [0.25, 0.3) is 0 Å². The predicted molar refractivity (Wildman–Crippen MR) is 90.5 cm³/mol. The molecule has 0 fully saturated rings. The van der Waals surface area contributed by atoms with E-state index in [0.29, 0.717) is 22.7 Å². The maximum absolute atomic E-state index is 12.0. The summed E-state index contributed by atoms with van der Waals surface area (Å²) in [5.41, 5.74) is 2.28. The van der Waals surface area contributed by atoms with Crippen LogP contribution < -0.4 is 20.7 Å². The summed E-state index contributed by atoms with van der Waals surface area (Å²) in [5.74, 6) is 0.0274. The Kier molecular flexibility index (Phi) is 3.80. The Hall–Kier alpha value is -2.42. The number of anilines is 4. The highest BCUT2D eigenvalue weighted by Gasteiger charge is 2.23. The van der Waals surface area contributed by atoms with Crippen LogP contribution in [0.1, 0.15) is 0 Å². The molecule has 0 saturated heterocycles. The fraction of sp³-hybridized carbons (Fsp3) is 0.0714. The third kappa shape index (κ3) is 3.25. The number of hydrogen-bond acceptors (Lipinski definition) is 5. The number of carbonyl (C=O) groups is 1. The lowest BCUT2D eigenvalue weighted by Crippen LogP contribution is -2.26. The van der Waals surface area contributed by atoms with Gasteiger partial charge < -0.3 is 16.0 Å². The number of rotatable bonds is 2. The summed E-state index contributed by atoms with van der Waals surface area (Å²) >= 11 is 0. The van der Waals surface area contributed by atoms with Gasteiger partial charge in [0.05, 0.1) is 11.4 Å². The van der Waals surface area contributed by atoms with Gasteiger partial charge in [0.1, 0.15) is 11.6 Å². The molecular formula is C14H16N4O3S. The van der Waals surface area contributed by atoms with Crippen molar-refractivity contribution in [2.24, 2.45) is 0 Å². The highest BCUT2D eigenvalue weighted by atomic mass is 32.3. The van der Waals surface area contributed by atoms with Gasteiger partial charge in [-0.3, -0.25) is 13.8 Å². The third-order valence-electron chi connectivity index (χ3n) is 3.07. The van der Waals surface area contributed by atoms with E-state index in [1.54, 1.807) is 30.3 Å². The van der Waals surface area contributed by atoms with Gasteiger partial charge in [-0.15, -0.1) is 10.8 Å². The monoisotopic (exact) mass is 320 g/mol. The van der Waals surface area contributed by atoms with Crippen LogP contribution in [-0.4, -0.2) is 21.0 Å². The van der Waals surface area contributed by atoms with Crippen molar-refractivity contribution in [2.45, 2.75) is 0 Å². The third-order valence-corrected chi connectivity index (χ3v) is 4.15. The Balaban J connectivity index is 1.77. The van der Waals surface area contributed by atoms with Crippen LogP contribution in [0.2, 0.25) is 0 Å². The first-order valence-corrected chi connectivity index (χ1v) is 8.29. The summed E-state index contributed by atoms with van der Waals surface area (Å²) in [7, 11) is -2.95. The Morgan fingerprint density at radius 1 is 1.05 bits per heavy atom. The van der Waals surface area contributed by atoms with Crippen LogP contribution in [-0.2, 0) is 0 Å². The first kappa shape index (κ1) is 14.5. The quantitative estimate of drug-likeness (QED) is 0.505. The van der Waals surface area contributed by atoms with Gasteiger partial charge >= 0.3 is 6.03 Å². The van der Waals surface area contributed by atoms with Gasteiger partial charge in [0, 0.05) is 5.69 Å². The fourth-order valence-electron chi connectivity index (χ4n) is 2.10. The molecule has 1 aliphatic rings. The summed E-state index contributed by atoms with van der Waals surface area (Å²) in [6.45, 7) is 0. The molecule has 0 unspecified atom stereocenters. The van der Waals surface area contributed by atoms with Crippen molar-refractivity contribution >= 4 is 39.6 Å². The lowest BCUT2D eigenvalue weighted by atomic mass is 10.2. The highest BCUT2D eigenvalue weighted by Crippen LogP contribution is 2.48. The van der Waals surface area contributed by atoms with E-state index in [9.17, 15) is 13.9 Å². The van der Waals surface area contributed by atoms with E-state index in [1.165, 1.54) is 0 Å². The van der Waals surface area contributed by atoms with Gasteiger partial charge in [-0.2, -0.15) is 0 Å². The van der Waals surface area contributed by atoms with Gasteiger partial charge in [-0.25, -0.2) is 4.79 Å². The topological polar surface area (TPSA) is 106 Å². The van der Waals surface area contributed by atoms with E-state index in [4.69, 9.17) is 0 Å². The summed E-state index contributed by atoms with van der Waals surface area (Å²) in [6.07, 6.45) is 0. The average molecular weight is 320 g/mol. The molecule has 116 valence electrons. The van der Waals surface area contributed by atoms with Crippen molar-refractivity contribution < 1.29 is 13.9 Å². The van der Waals surface area contributed by atoms with E-state index in [-0.39, 0.29) is 5.88 Å². The molecule has 8 heteroatoms. The predicted octanol–water partition coefficient (Wildman–Crippen LogP) is 3.79. The molecule has 0 aromatic heterocycles. The van der Waals surface area contributed by atoms with Crippen molar-refractivity contribution in [3.05, 3.63) is 48.5 Å². The molecule has 2 aromatic rings. The van der Waals surface area contributed by atoms with Gasteiger partial charge in [-0.05, 0) is 24.3 Å². The lowest BCUT2D eigenvalue weighted by molar-refractivity contribution is 0.262. The smallest absolute Gasteiger partial charge is 0.323 e. The van der Waals surface area contributed by atoms with Crippen LogP contribution in [0.3, 0.4) is 0 Å². The first-order chi connectivity index (χ1) is 10.5. The number of nitrogens with one attached hydrogen (secondary N) is 4. The number of hydrogen-bond donors (Lipinski definition) is 6. The normalized spacial score (nSPS) is 16.5. The van der Waals surface area contributed by atoms with Crippen LogP contribution in [0, 0.1) is 0 Å². The Labute approximate surface area is 129 Å². The molecule has 0 saturated carbocycles. The maximum Gasteiger partial charge on any atom is 0.323 e. The van der Waals surface area contributed by atoms with Gasteiger partial charge in [0.2, 0.25) is 0 Å². The molecule has 0 spiro atoms. The number of amides is 2. The Morgan fingerprint density at radius 2 is 1.82 bits per heavy atom. The van der Waals surface area contributed by atoms with Crippen molar-refractivity contribution in [2.75, 3.05) is 26.5 Å². The average Bonchev–Trinajstić information content (AvgIpc) is 2.48. The zero-order valence-corrected chi connectivity index (χ0v) is 12.4. The van der Waals surface area contributed by atoms with Gasteiger partial charge in [0.15, 0.2) is 0 Å². The molecule has 1 heterocycles. The van der Waals surface area contributed by atoms with E-state index in [0.717, 1.165) is 0 Å². The molecule has 0 aliphatic carbocycles. The second kappa shape index (κ2) is 5.76. The highest BCUT2D eigenvalue weighted by molar-refractivity contribution is 8.25. The summed E-state index contributed by atoms with van der Waals surface area (Å²) in [4.78, 5) is 12.0. The minimum Gasteiger partial charge on any atom is -0.365 e. The molecule has 0 atom stereocenters. The zero-order chi connectivity index (χ0) is 15.6. The molecule has 1 aliphatic heterocycles. The molecule has 3 rings (SSSR count). The number of benzene rings is 2. The number of fused-ring (bicyclic) bond motifs is 1. The molecule has 2 amide bonds. The number of carbonyl (C=O) groups excluding carboxylic acids is 1. The van der Waals surface area contributed by atoms with Crippen molar-refractivity contribution in [3.63, 3.8) is 0 Å². The van der Waals surface area contributed by atoms with E-state index >= 15 is 0 Å². The fourth-order valence-corrected chi connectivity index (χ4v) is 3.07. The van der Waals surface area contributed by atoms with E-state index in [2.05, 4.69) is 20.7 Å². The minimum atomic E-state index is -2.95. The second-order valence-corrected chi connectivity index (χ2v) is 6.59. The van der Waals surface area contributed by atoms with Crippen LogP contribution in [0.15, 0.2) is 48.5 Å². The summed E-state index contributed by atoms with van der Waals surface area (Å²) in [6, 6.07) is 13.9. The van der Waals surface area contributed by atoms with Crippen molar-refractivity contribution in [3.8, 4) is 0 Å². The van der Waals surface area contributed by atoms with Crippen LogP contribution in [0.25, 0.3) is 0 Å². The second-order valence-electron chi connectivity index (χ2n) is 4.76. The Bertz CT molecular complexity index is 694. The van der Waals surface area contributed by atoms with E-state index < -0.39 is 16.8 Å². The molecular weight excluding hydrogens is 304 g/mol.